The summed E-state index contributed by atoms with van der Waals surface area (Å²) in [6.45, 7) is 6.39. The van der Waals surface area contributed by atoms with Crippen molar-refractivity contribution in [3.8, 4) is 0 Å². The van der Waals surface area contributed by atoms with Crippen LogP contribution >= 0.6 is 11.6 Å². The zero-order valence-electron chi connectivity index (χ0n) is 11.1. The van der Waals surface area contributed by atoms with Gasteiger partial charge in [0.15, 0.2) is 0 Å². The van der Waals surface area contributed by atoms with Crippen LogP contribution < -0.4 is 0 Å². The molecule has 100 valence electrons. The summed E-state index contributed by atoms with van der Waals surface area (Å²) in [5.41, 5.74) is -0.464. The number of benzene rings is 1. The third kappa shape index (κ3) is 2.41. The standard InChI is InChI=1S/C15H20ClFO/c1-10-9-14(2,3)6-7-15(10,18)12-5-4-11(16)8-13(12)17/h4-5,8,10,18H,6-7,9H2,1-3H3. The van der Waals surface area contributed by atoms with Gasteiger partial charge >= 0.3 is 0 Å². The first-order valence-corrected chi connectivity index (χ1v) is 6.80. The van der Waals surface area contributed by atoms with E-state index in [1.807, 2.05) is 6.92 Å². The van der Waals surface area contributed by atoms with Gasteiger partial charge in [-0.25, -0.2) is 4.39 Å². The van der Waals surface area contributed by atoms with E-state index in [2.05, 4.69) is 13.8 Å². The highest BCUT2D eigenvalue weighted by molar-refractivity contribution is 6.30. The molecule has 1 nitrogen and oxygen atoms in total. The summed E-state index contributed by atoms with van der Waals surface area (Å²) in [4.78, 5) is 0. The molecule has 1 N–H and O–H groups in total. The van der Waals surface area contributed by atoms with Crippen molar-refractivity contribution in [2.75, 3.05) is 0 Å². The Labute approximate surface area is 113 Å². The highest BCUT2D eigenvalue weighted by Crippen LogP contribution is 2.49. The molecular formula is C15H20ClFO. The summed E-state index contributed by atoms with van der Waals surface area (Å²) in [7, 11) is 0. The maximum Gasteiger partial charge on any atom is 0.130 e. The number of rotatable bonds is 1. The Balaban J connectivity index is 2.37. The number of aliphatic hydroxyl groups is 1. The van der Waals surface area contributed by atoms with Crippen LogP contribution in [0.2, 0.25) is 5.02 Å². The molecule has 2 atom stereocenters. The molecule has 3 heteroatoms. The minimum Gasteiger partial charge on any atom is -0.385 e. The first kappa shape index (κ1) is 13.8. The molecule has 0 radical (unpaired) electrons. The van der Waals surface area contributed by atoms with E-state index in [0.717, 1.165) is 12.8 Å². The predicted molar refractivity (Wildman–Crippen MR) is 72.1 cm³/mol. The van der Waals surface area contributed by atoms with E-state index >= 15 is 0 Å². The average Bonchev–Trinajstić information content (AvgIpc) is 2.24. The Morgan fingerprint density at radius 2 is 2.00 bits per heavy atom. The van der Waals surface area contributed by atoms with Crippen molar-refractivity contribution in [1.82, 2.24) is 0 Å². The van der Waals surface area contributed by atoms with Gasteiger partial charge in [0.05, 0.1) is 5.60 Å². The van der Waals surface area contributed by atoms with Crippen LogP contribution in [0.5, 0.6) is 0 Å². The lowest BCUT2D eigenvalue weighted by Crippen LogP contribution is -2.42. The van der Waals surface area contributed by atoms with Crippen molar-refractivity contribution in [3.05, 3.63) is 34.6 Å². The lowest BCUT2D eigenvalue weighted by Gasteiger charge is -2.45. The highest BCUT2D eigenvalue weighted by Gasteiger charge is 2.44. The molecule has 1 aromatic carbocycles. The third-order valence-corrected chi connectivity index (χ3v) is 4.49. The van der Waals surface area contributed by atoms with Gasteiger partial charge in [0.1, 0.15) is 5.82 Å². The van der Waals surface area contributed by atoms with Crippen LogP contribution in [0.15, 0.2) is 18.2 Å². The second kappa shape index (κ2) is 4.50. The smallest absolute Gasteiger partial charge is 0.130 e. The van der Waals surface area contributed by atoms with Crippen molar-refractivity contribution in [2.45, 2.75) is 45.6 Å². The molecule has 1 fully saturated rings. The van der Waals surface area contributed by atoms with E-state index < -0.39 is 11.4 Å². The number of hydrogen-bond donors (Lipinski definition) is 1. The van der Waals surface area contributed by atoms with E-state index in [4.69, 9.17) is 11.6 Å². The topological polar surface area (TPSA) is 20.2 Å². The normalized spacial score (nSPS) is 31.3. The van der Waals surface area contributed by atoms with Crippen LogP contribution in [0, 0.1) is 17.2 Å². The molecule has 0 aliphatic heterocycles. The summed E-state index contributed by atoms with van der Waals surface area (Å²) in [5.74, 6) is -0.367. The monoisotopic (exact) mass is 270 g/mol. The molecule has 0 aromatic heterocycles. The Morgan fingerprint density at radius 3 is 2.56 bits per heavy atom. The first-order valence-electron chi connectivity index (χ1n) is 6.42. The van der Waals surface area contributed by atoms with Crippen molar-refractivity contribution in [1.29, 1.82) is 0 Å². The van der Waals surface area contributed by atoms with Crippen LogP contribution in [0.25, 0.3) is 0 Å². The second-order valence-electron chi connectivity index (χ2n) is 6.32. The average molecular weight is 271 g/mol. The van der Waals surface area contributed by atoms with Crippen LogP contribution in [0.3, 0.4) is 0 Å². The van der Waals surface area contributed by atoms with Gasteiger partial charge in [-0.2, -0.15) is 0 Å². The van der Waals surface area contributed by atoms with Gasteiger partial charge in [0, 0.05) is 10.6 Å². The Bertz CT molecular complexity index is 458. The molecule has 2 rings (SSSR count). The SMILES string of the molecule is CC1CC(C)(C)CCC1(O)c1ccc(Cl)cc1F. The van der Waals surface area contributed by atoms with Crippen molar-refractivity contribution in [3.63, 3.8) is 0 Å². The molecule has 1 aliphatic carbocycles. The molecule has 18 heavy (non-hydrogen) atoms. The molecular weight excluding hydrogens is 251 g/mol. The maximum absolute atomic E-state index is 14.0. The van der Waals surface area contributed by atoms with Gasteiger partial charge in [-0.1, -0.05) is 38.4 Å². The van der Waals surface area contributed by atoms with Gasteiger partial charge in [0.25, 0.3) is 0 Å². The van der Waals surface area contributed by atoms with Crippen molar-refractivity contribution < 1.29 is 9.50 Å². The molecule has 2 unspecified atom stereocenters. The van der Waals surface area contributed by atoms with Gasteiger partial charge in [0.2, 0.25) is 0 Å². The second-order valence-corrected chi connectivity index (χ2v) is 6.75. The van der Waals surface area contributed by atoms with Gasteiger partial charge < -0.3 is 5.11 Å². The summed E-state index contributed by atoms with van der Waals surface area (Å²) in [6.07, 6.45) is 2.39. The zero-order chi connectivity index (χ0) is 13.6. The zero-order valence-corrected chi connectivity index (χ0v) is 11.9. The molecule has 1 aromatic rings. The van der Waals surface area contributed by atoms with E-state index in [1.54, 1.807) is 12.1 Å². The Hall–Kier alpha value is -0.600. The molecule has 0 spiro atoms. The fourth-order valence-corrected chi connectivity index (χ4v) is 3.27. The summed E-state index contributed by atoms with van der Waals surface area (Å²) in [6, 6.07) is 4.54. The largest absolute Gasteiger partial charge is 0.385 e. The minimum atomic E-state index is -1.07. The van der Waals surface area contributed by atoms with E-state index in [-0.39, 0.29) is 11.3 Å². The Kier molecular flexibility index (Phi) is 3.46. The quantitative estimate of drug-likeness (QED) is 0.796. The summed E-state index contributed by atoms with van der Waals surface area (Å²) in [5, 5.41) is 11.2. The van der Waals surface area contributed by atoms with Crippen molar-refractivity contribution in [2.24, 2.45) is 11.3 Å². The minimum absolute atomic E-state index is 0.0388. The van der Waals surface area contributed by atoms with Crippen LogP contribution in [-0.4, -0.2) is 5.11 Å². The molecule has 0 saturated heterocycles. The fraction of sp³-hybridized carbons (Fsp3) is 0.600. The molecule has 1 aliphatic rings. The summed E-state index contributed by atoms with van der Waals surface area (Å²) < 4.78 is 14.0. The number of halogens is 2. The van der Waals surface area contributed by atoms with E-state index in [9.17, 15) is 9.50 Å². The predicted octanol–water partition coefficient (Wildman–Crippen LogP) is 4.51. The highest BCUT2D eigenvalue weighted by atomic mass is 35.5. The lowest BCUT2D eigenvalue weighted by molar-refractivity contribution is -0.0791. The molecule has 0 bridgehead atoms. The summed E-state index contributed by atoms with van der Waals surface area (Å²) >= 11 is 5.76. The third-order valence-electron chi connectivity index (χ3n) is 4.25. The van der Waals surface area contributed by atoms with Crippen molar-refractivity contribution >= 4 is 11.6 Å². The van der Waals surface area contributed by atoms with Crippen LogP contribution in [-0.2, 0) is 5.60 Å². The Morgan fingerprint density at radius 1 is 1.33 bits per heavy atom. The molecule has 0 amide bonds. The van der Waals surface area contributed by atoms with Gasteiger partial charge in [-0.3, -0.25) is 0 Å². The van der Waals surface area contributed by atoms with Crippen LogP contribution in [0.1, 0.15) is 45.6 Å². The van der Waals surface area contributed by atoms with E-state index in [1.165, 1.54) is 6.07 Å². The van der Waals surface area contributed by atoms with Crippen LogP contribution in [0.4, 0.5) is 4.39 Å². The van der Waals surface area contributed by atoms with Gasteiger partial charge in [-0.15, -0.1) is 0 Å². The maximum atomic E-state index is 14.0. The van der Waals surface area contributed by atoms with E-state index in [0.29, 0.717) is 17.0 Å². The molecule has 1 saturated carbocycles. The first-order chi connectivity index (χ1) is 8.24. The lowest BCUT2D eigenvalue weighted by atomic mass is 9.63. The number of hydrogen-bond acceptors (Lipinski definition) is 1. The van der Waals surface area contributed by atoms with Gasteiger partial charge in [-0.05, 0) is 42.7 Å². The molecule has 0 heterocycles. The fourth-order valence-electron chi connectivity index (χ4n) is 3.12.